The number of benzene rings is 1. The van der Waals surface area contributed by atoms with E-state index in [0.717, 1.165) is 31.5 Å². The van der Waals surface area contributed by atoms with Crippen molar-refractivity contribution in [3.63, 3.8) is 0 Å². The smallest absolute Gasteiger partial charge is 0.343 e. The number of hydrogen-bond acceptors (Lipinski definition) is 4. The number of rotatable bonds is 5. The normalized spacial score (nSPS) is 16.6. The van der Waals surface area contributed by atoms with Gasteiger partial charge in [-0.1, -0.05) is 29.3 Å². The van der Waals surface area contributed by atoms with Gasteiger partial charge in [0.15, 0.2) is 0 Å². The summed E-state index contributed by atoms with van der Waals surface area (Å²) in [6, 6.07) is 5.57. The molecule has 0 bridgehead atoms. The van der Waals surface area contributed by atoms with Crippen molar-refractivity contribution in [3.8, 4) is 0 Å². The maximum Gasteiger partial charge on any atom is 0.343 e. The maximum atomic E-state index is 11.4. The molecule has 0 radical (unpaired) electrons. The molecule has 130 valence electrons. The lowest BCUT2D eigenvalue weighted by atomic mass is 10.1. The lowest BCUT2D eigenvalue weighted by Gasteiger charge is -2.31. The summed E-state index contributed by atoms with van der Waals surface area (Å²) < 4.78 is 7.30. The molecule has 1 saturated heterocycles. The number of H-pyrrole nitrogens is 1. The highest BCUT2D eigenvalue weighted by Gasteiger charge is 2.20. The molecule has 24 heavy (non-hydrogen) atoms. The summed E-state index contributed by atoms with van der Waals surface area (Å²) in [5, 5.41) is 5.28. The Bertz CT molecular complexity index is 751. The molecule has 1 fully saturated rings. The zero-order valence-electron chi connectivity index (χ0n) is 13.5. The number of likely N-dealkylation sites (tertiary alicyclic amines) is 1. The Hall–Kier alpha value is -1.34. The van der Waals surface area contributed by atoms with Gasteiger partial charge in [0.25, 0.3) is 0 Å². The first-order valence-corrected chi connectivity index (χ1v) is 8.67. The number of ether oxygens (including phenoxy) is 1. The number of hydrogen-bond donors (Lipinski definition) is 1. The summed E-state index contributed by atoms with van der Waals surface area (Å²) >= 11 is 11.9. The molecule has 6 nitrogen and oxygen atoms in total. The van der Waals surface area contributed by atoms with Crippen molar-refractivity contribution < 1.29 is 4.74 Å². The number of aromatic amines is 1. The van der Waals surface area contributed by atoms with E-state index in [1.165, 1.54) is 4.68 Å². The first-order valence-electron chi connectivity index (χ1n) is 7.91. The quantitative estimate of drug-likeness (QED) is 0.878. The van der Waals surface area contributed by atoms with Gasteiger partial charge in [0.1, 0.15) is 5.82 Å². The highest BCUT2D eigenvalue weighted by molar-refractivity contribution is 6.42. The van der Waals surface area contributed by atoms with Crippen LogP contribution in [0.2, 0.25) is 10.0 Å². The second-order valence-corrected chi connectivity index (χ2v) is 6.85. The lowest BCUT2D eigenvalue weighted by molar-refractivity contribution is -0.00437. The third kappa shape index (κ3) is 4.39. The molecule has 0 spiro atoms. The number of nitrogens with one attached hydrogen (secondary N) is 1. The van der Waals surface area contributed by atoms with E-state index in [1.807, 2.05) is 12.1 Å². The molecule has 1 N–H and O–H groups in total. The van der Waals surface area contributed by atoms with Crippen molar-refractivity contribution in [1.82, 2.24) is 19.7 Å². The van der Waals surface area contributed by atoms with Crippen molar-refractivity contribution in [2.75, 3.05) is 13.1 Å². The molecule has 1 aromatic carbocycles. The minimum Gasteiger partial charge on any atom is -0.373 e. The average molecular weight is 371 g/mol. The summed E-state index contributed by atoms with van der Waals surface area (Å²) in [4.78, 5) is 16.4. The Balaban J connectivity index is 1.44. The summed E-state index contributed by atoms with van der Waals surface area (Å²) in [5.41, 5.74) is 0.850. The number of piperidine rings is 1. The van der Waals surface area contributed by atoms with E-state index in [-0.39, 0.29) is 11.8 Å². The van der Waals surface area contributed by atoms with E-state index < -0.39 is 0 Å². The fraction of sp³-hybridized carbons (Fsp3) is 0.500. The predicted molar refractivity (Wildman–Crippen MR) is 93.4 cm³/mol. The summed E-state index contributed by atoms with van der Waals surface area (Å²) in [6.45, 7) is 3.04. The fourth-order valence-electron chi connectivity index (χ4n) is 2.82. The zero-order chi connectivity index (χ0) is 17.1. The first-order chi connectivity index (χ1) is 11.5. The maximum absolute atomic E-state index is 11.4. The Morgan fingerprint density at radius 2 is 2.04 bits per heavy atom. The Kier molecular flexibility index (Phi) is 5.61. The van der Waals surface area contributed by atoms with Crippen molar-refractivity contribution in [2.24, 2.45) is 7.05 Å². The van der Waals surface area contributed by atoms with E-state index >= 15 is 0 Å². The van der Waals surface area contributed by atoms with Crippen LogP contribution in [0, 0.1) is 0 Å². The highest BCUT2D eigenvalue weighted by Crippen LogP contribution is 2.24. The largest absolute Gasteiger partial charge is 0.373 e. The molecular formula is C16H20Cl2N4O2. The van der Waals surface area contributed by atoms with Crippen LogP contribution in [0.4, 0.5) is 0 Å². The molecule has 0 aliphatic carbocycles. The predicted octanol–water partition coefficient (Wildman–Crippen LogP) is 2.60. The second kappa shape index (κ2) is 7.70. The molecule has 8 heteroatoms. The van der Waals surface area contributed by atoms with E-state index in [9.17, 15) is 4.79 Å². The molecule has 0 amide bonds. The second-order valence-electron chi connectivity index (χ2n) is 6.04. The van der Waals surface area contributed by atoms with Gasteiger partial charge >= 0.3 is 5.69 Å². The van der Waals surface area contributed by atoms with E-state index in [4.69, 9.17) is 27.9 Å². The number of nitrogens with zero attached hydrogens (tertiary/aromatic N) is 3. The van der Waals surface area contributed by atoms with Gasteiger partial charge in [-0.3, -0.25) is 9.88 Å². The van der Waals surface area contributed by atoms with Crippen molar-refractivity contribution in [2.45, 2.75) is 32.1 Å². The van der Waals surface area contributed by atoms with Gasteiger partial charge in [-0.15, -0.1) is 0 Å². The number of aromatic nitrogens is 3. The molecule has 2 aromatic rings. The van der Waals surface area contributed by atoms with Crippen molar-refractivity contribution >= 4 is 23.2 Å². The third-order valence-electron chi connectivity index (χ3n) is 4.19. The minimum absolute atomic E-state index is 0.176. The van der Waals surface area contributed by atoms with E-state index in [2.05, 4.69) is 15.0 Å². The fourth-order valence-corrected chi connectivity index (χ4v) is 3.14. The number of halogens is 2. The van der Waals surface area contributed by atoms with Gasteiger partial charge in [0.2, 0.25) is 0 Å². The van der Waals surface area contributed by atoms with Gasteiger partial charge in [0, 0.05) is 20.1 Å². The molecule has 3 rings (SSSR count). The van der Waals surface area contributed by atoms with Crippen LogP contribution in [0.1, 0.15) is 24.2 Å². The average Bonchev–Trinajstić information content (AvgIpc) is 2.88. The van der Waals surface area contributed by atoms with Gasteiger partial charge < -0.3 is 4.74 Å². The van der Waals surface area contributed by atoms with Crippen LogP contribution >= 0.6 is 23.2 Å². The van der Waals surface area contributed by atoms with Crippen LogP contribution in [0.25, 0.3) is 0 Å². The van der Waals surface area contributed by atoms with Crippen LogP contribution in [0.3, 0.4) is 0 Å². The first kappa shape index (κ1) is 17.5. The molecule has 0 atom stereocenters. The molecular weight excluding hydrogens is 351 g/mol. The topological polar surface area (TPSA) is 63.1 Å². The van der Waals surface area contributed by atoms with Gasteiger partial charge in [0.05, 0.1) is 29.3 Å². The van der Waals surface area contributed by atoms with Crippen molar-refractivity contribution in [1.29, 1.82) is 0 Å². The Morgan fingerprint density at radius 1 is 1.29 bits per heavy atom. The zero-order valence-corrected chi connectivity index (χ0v) is 15.0. The molecule has 0 unspecified atom stereocenters. The standard InChI is InChI=1S/C16H20Cl2N4O2/c1-21-16(23)19-15(20-21)9-22-6-4-12(5-7-22)24-10-11-2-3-13(17)14(18)8-11/h2-3,8,12H,4-7,9-10H2,1H3,(H,19,20,23). The van der Waals surface area contributed by atoms with E-state index in [0.29, 0.717) is 29.0 Å². The van der Waals surface area contributed by atoms with Gasteiger partial charge in [-0.25, -0.2) is 9.48 Å². The number of aryl methyl sites for hydroxylation is 1. The van der Waals surface area contributed by atoms with Gasteiger partial charge in [-0.2, -0.15) is 5.10 Å². The highest BCUT2D eigenvalue weighted by atomic mass is 35.5. The Morgan fingerprint density at radius 3 is 2.67 bits per heavy atom. The van der Waals surface area contributed by atoms with Crippen LogP contribution < -0.4 is 5.69 Å². The van der Waals surface area contributed by atoms with Crippen LogP contribution in [-0.2, 0) is 24.9 Å². The molecule has 0 saturated carbocycles. The SMILES string of the molecule is Cn1nc(CN2CCC(OCc3ccc(Cl)c(Cl)c3)CC2)[nH]c1=O. The Labute approximate surface area is 150 Å². The molecule has 1 aliphatic rings. The monoisotopic (exact) mass is 370 g/mol. The van der Waals surface area contributed by atoms with Crippen molar-refractivity contribution in [3.05, 3.63) is 50.1 Å². The van der Waals surface area contributed by atoms with Crippen LogP contribution in [-0.4, -0.2) is 38.9 Å². The summed E-state index contributed by atoms with van der Waals surface area (Å²) in [7, 11) is 1.64. The van der Waals surface area contributed by atoms with Gasteiger partial charge in [-0.05, 0) is 30.5 Å². The van der Waals surface area contributed by atoms with Crippen LogP contribution in [0.5, 0.6) is 0 Å². The summed E-state index contributed by atoms with van der Waals surface area (Å²) in [6.07, 6.45) is 2.15. The summed E-state index contributed by atoms with van der Waals surface area (Å²) in [5.74, 6) is 0.706. The third-order valence-corrected chi connectivity index (χ3v) is 4.93. The minimum atomic E-state index is -0.176. The molecule has 1 aliphatic heterocycles. The lowest BCUT2D eigenvalue weighted by Crippen LogP contribution is -2.36. The molecule has 1 aromatic heterocycles. The van der Waals surface area contributed by atoms with E-state index in [1.54, 1.807) is 13.1 Å². The molecule has 2 heterocycles. The van der Waals surface area contributed by atoms with Crippen LogP contribution in [0.15, 0.2) is 23.0 Å².